The third-order valence-corrected chi connectivity index (χ3v) is 5.54. The van der Waals surface area contributed by atoms with Crippen LogP contribution in [-0.4, -0.2) is 45.6 Å². The van der Waals surface area contributed by atoms with Crippen molar-refractivity contribution in [3.05, 3.63) is 68.6 Å². The molecule has 32 heavy (non-hydrogen) atoms. The van der Waals surface area contributed by atoms with E-state index in [9.17, 15) is 29.6 Å². The first-order chi connectivity index (χ1) is 15.2. The molecule has 2 aromatic carbocycles. The summed E-state index contributed by atoms with van der Waals surface area (Å²) in [6.07, 6.45) is 1.50. The topological polar surface area (TPSA) is 139 Å². The number of hydrogen-bond acceptors (Lipinski definition) is 10. The summed E-state index contributed by atoms with van der Waals surface area (Å²) in [6, 6.07) is 9.46. The van der Waals surface area contributed by atoms with E-state index < -0.39 is 29.3 Å². The maximum absolute atomic E-state index is 12.4. The molecule has 10 nitrogen and oxygen atoms in total. The number of nitro benzene ring substituents is 1. The second-order valence-corrected chi connectivity index (χ2v) is 7.92. The lowest BCUT2D eigenvalue weighted by molar-refractivity contribution is -0.384. The molecular weight excluding hydrogens is 460 g/mol. The first kappa shape index (κ1) is 22.9. The first-order valence-corrected chi connectivity index (χ1v) is 10.0. The van der Waals surface area contributed by atoms with Crippen molar-refractivity contribution in [3.8, 4) is 11.5 Å². The normalized spacial score (nSPS) is 14.5. The minimum Gasteiger partial charge on any atom is -0.548 e. The van der Waals surface area contributed by atoms with Crippen LogP contribution in [0.2, 0.25) is 0 Å². The van der Waals surface area contributed by atoms with E-state index in [0.717, 1.165) is 16.7 Å². The average molecular weight is 473 g/mol. The van der Waals surface area contributed by atoms with Crippen molar-refractivity contribution in [2.75, 3.05) is 13.7 Å². The Morgan fingerprint density at radius 3 is 2.47 bits per heavy atom. The van der Waals surface area contributed by atoms with E-state index in [-0.39, 0.29) is 32.0 Å². The molecule has 0 aromatic heterocycles. The number of hydrogen-bond donors (Lipinski definition) is 0. The van der Waals surface area contributed by atoms with Gasteiger partial charge < -0.3 is 19.4 Å². The molecule has 0 N–H and O–H groups in total. The van der Waals surface area contributed by atoms with Gasteiger partial charge in [-0.05, 0) is 35.9 Å². The minimum absolute atomic E-state index is 0.0949. The molecule has 12 heteroatoms. The third-order valence-electron chi connectivity index (χ3n) is 4.16. The molecule has 0 atom stereocenters. The molecule has 1 fully saturated rings. The van der Waals surface area contributed by atoms with Crippen LogP contribution in [0.3, 0.4) is 0 Å². The fourth-order valence-electron chi connectivity index (χ4n) is 2.65. The Morgan fingerprint density at radius 2 is 1.88 bits per heavy atom. The van der Waals surface area contributed by atoms with Gasteiger partial charge >= 0.3 is 5.97 Å². The maximum Gasteiger partial charge on any atom is 0.343 e. The molecule has 2 aromatic rings. The third kappa shape index (κ3) is 5.10. The van der Waals surface area contributed by atoms with Gasteiger partial charge in [-0.25, -0.2) is 4.79 Å². The van der Waals surface area contributed by atoms with Gasteiger partial charge in [-0.15, -0.1) is 0 Å². The second kappa shape index (κ2) is 9.58. The molecule has 3 rings (SSSR count). The summed E-state index contributed by atoms with van der Waals surface area (Å²) in [6.45, 7) is -0.636. The van der Waals surface area contributed by atoms with E-state index in [4.69, 9.17) is 21.7 Å². The summed E-state index contributed by atoms with van der Waals surface area (Å²) in [5, 5.41) is 21.5. The summed E-state index contributed by atoms with van der Waals surface area (Å²) in [7, 11) is 1.36. The van der Waals surface area contributed by atoms with Gasteiger partial charge in [-0.2, -0.15) is 0 Å². The van der Waals surface area contributed by atoms with E-state index in [2.05, 4.69) is 0 Å². The number of methoxy groups -OCH3 is 1. The average Bonchev–Trinajstić information content (AvgIpc) is 3.01. The van der Waals surface area contributed by atoms with E-state index >= 15 is 0 Å². The van der Waals surface area contributed by atoms with Gasteiger partial charge in [-0.1, -0.05) is 30.0 Å². The van der Waals surface area contributed by atoms with Gasteiger partial charge in [0.05, 0.1) is 35.0 Å². The molecule has 1 aliphatic rings. The summed E-state index contributed by atoms with van der Waals surface area (Å²) in [4.78, 5) is 46.8. The Labute approximate surface area is 190 Å². The van der Waals surface area contributed by atoms with Crippen LogP contribution in [-0.2, 0) is 9.59 Å². The highest BCUT2D eigenvalue weighted by atomic mass is 32.2. The van der Waals surface area contributed by atoms with Crippen LogP contribution in [0.1, 0.15) is 15.9 Å². The fourth-order valence-corrected chi connectivity index (χ4v) is 3.91. The molecular formula is C20H13N2O8S2-. The van der Waals surface area contributed by atoms with Gasteiger partial charge in [-0.3, -0.25) is 19.8 Å². The van der Waals surface area contributed by atoms with E-state index in [0.29, 0.717) is 5.56 Å². The Kier molecular flexibility index (Phi) is 6.85. The lowest BCUT2D eigenvalue weighted by Gasteiger charge is -2.14. The van der Waals surface area contributed by atoms with Crippen molar-refractivity contribution in [2.24, 2.45) is 0 Å². The molecule has 0 radical (unpaired) electrons. The number of nitrogens with zero attached hydrogens (tertiary/aromatic N) is 2. The highest BCUT2D eigenvalue weighted by Gasteiger charge is 2.32. The second-order valence-electron chi connectivity index (χ2n) is 6.24. The highest BCUT2D eigenvalue weighted by Crippen LogP contribution is 2.34. The number of benzene rings is 2. The lowest BCUT2D eigenvalue weighted by atomic mass is 10.1. The molecule has 1 heterocycles. The monoisotopic (exact) mass is 473 g/mol. The number of carbonyl (C=O) groups is 3. The van der Waals surface area contributed by atoms with Gasteiger partial charge in [0.1, 0.15) is 4.32 Å². The summed E-state index contributed by atoms with van der Waals surface area (Å²) < 4.78 is 10.7. The Bertz CT molecular complexity index is 1160. The van der Waals surface area contributed by atoms with Gasteiger partial charge in [0, 0.05) is 12.1 Å². The van der Waals surface area contributed by atoms with Crippen LogP contribution in [0.4, 0.5) is 5.69 Å². The zero-order chi connectivity index (χ0) is 23.4. The number of rotatable bonds is 7. The van der Waals surface area contributed by atoms with E-state index in [1.54, 1.807) is 6.07 Å². The number of ether oxygens (including phenoxy) is 2. The number of amides is 1. The smallest absolute Gasteiger partial charge is 0.343 e. The SMILES string of the molecule is COc1cc(/C=C2/SC(=S)N(CC(=O)[O-])C2=O)ccc1OC(=O)c1ccc([N+](=O)[O-])cc1. The van der Waals surface area contributed by atoms with E-state index in [1.165, 1.54) is 49.6 Å². The summed E-state index contributed by atoms with van der Waals surface area (Å²) in [5.74, 6) is -2.44. The van der Waals surface area contributed by atoms with Crippen LogP contribution < -0.4 is 14.6 Å². The van der Waals surface area contributed by atoms with Crippen LogP contribution in [0.5, 0.6) is 11.5 Å². The first-order valence-electron chi connectivity index (χ1n) is 8.79. The van der Waals surface area contributed by atoms with Crippen molar-refractivity contribution in [2.45, 2.75) is 0 Å². The number of carbonyl (C=O) groups excluding carboxylic acids is 3. The largest absolute Gasteiger partial charge is 0.548 e. The van der Waals surface area contributed by atoms with Crippen LogP contribution in [0.15, 0.2) is 47.4 Å². The number of thioether (sulfide) groups is 1. The summed E-state index contributed by atoms with van der Waals surface area (Å²) >= 11 is 5.98. The van der Waals surface area contributed by atoms with Gasteiger partial charge in [0.15, 0.2) is 11.5 Å². The quantitative estimate of drug-likeness (QED) is 0.146. The number of nitro groups is 1. The van der Waals surface area contributed by atoms with Crippen molar-refractivity contribution >= 4 is 57.9 Å². The van der Waals surface area contributed by atoms with Crippen molar-refractivity contribution in [1.29, 1.82) is 0 Å². The number of esters is 1. The number of carboxylic acid groups (broad SMARTS) is 1. The standard InChI is InChI=1S/C20H14N2O8S2/c1-29-15-8-11(9-16-18(25)21(10-17(23)24)20(31)32-16)2-7-14(15)30-19(26)12-3-5-13(6-4-12)22(27)28/h2-9H,10H2,1H3,(H,23,24)/p-1/b16-9+. The Morgan fingerprint density at radius 1 is 1.19 bits per heavy atom. The van der Waals surface area contributed by atoms with Crippen LogP contribution in [0.25, 0.3) is 6.08 Å². The fraction of sp³-hybridized carbons (Fsp3) is 0.100. The van der Waals surface area contributed by atoms with Crippen molar-refractivity contribution < 1.29 is 33.9 Å². The lowest BCUT2D eigenvalue weighted by Crippen LogP contribution is -2.40. The molecule has 1 saturated heterocycles. The highest BCUT2D eigenvalue weighted by molar-refractivity contribution is 8.26. The zero-order valence-corrected chi connectivity index (χ0v) is 17.9. The molecule has 0 spiro atoms. The Balaban J connectivity index is 1.79. The van der Waals surface area contributed by atoms with E-state index in [1.807, 2.05) is 0 Å². The predicted octanol–water partition coefficient (Wildman–Crippen LogP) is 1.77. The van der Waals surface area contributed by atoms with Gasteiger partial charge in [0.25, 0.3) is 11.6 Å². The Hall–Kier alpha value is -3.77. The number of aliphatic carboxylic acids is 1. The van der Waals surface area contributed by atoms with Crippen molar-refractivity contribution in [1.82, 2.24) is 4.90 Å². The molecule has 0 saturated carbocycles. The molecule has 1 aliphatic heterocycles. The molecule has 0 aliphatic carbocycles. The van der Waals surface area contributed by atoms with Crippen LogP contribution >= 0.6 is 24.0 Å². The number of thiocarbonyl (C=S) groups is 1. The minimum atomic E-state index is -1.43. The number of carboxylic acids is 1. The zero-order valence-electron chi connectivity index (χ0n) is 16.3. The maximum atomic E-state index is 12.4. The predicted molar refractivity (Wildman–Crippen MR) is 116 cm³/mol. The van der Waals surface area contributed by atoms with Crippen molar-refractivity contribution in [3.63, 3.8) is 0 Å². The molecule has 0 bridgehead atoms. The van der Waals surface area contributed by atoms with Crippen LogP contribution in [0, 0.1) is 10.1 Å². The molecule has 164 valence electrons. The molecule has 1 amide bonds. The van der Waals surface area contributed by atoms with Gasteiger partial charge in [0.2, 0.25) is 0 Å². The molecule has 0 unspecified atom stereocenters. The summed E-state index contributed by atoms with van der Waals surface area (Å²) in [5.41, 5.74) is 0.470. The number of non-ortho nitro benzene ring substituents is 1.